The third kappa shape index (κ3) is 3.16. The molecule has 0 N–H and O–H groups in total. The molecule has 2 saturated heterocycles. The third-order valence-corrected chi connectivity index (χ3v) is 5.96. The van der Waals surface area contributed by atoms with Crippen LogP contribution in [0, 0.1) is 18.3 Å². The first-order chi connectivity index (χ1) is 11.1. The van der Waals surface area contributed by atoms with Gasteiger partial charge in [0.1, 0.15) is 0 Å². The van der Waals surface area contributed by atoms with Crippen LogP contribution in [0.1, 0.15) is 43.2 Å². The zero-order valence-corrected chi connectivity index (χ0v) is 14.3. The van der Waals surface area contributed by atoms with Crippen LogP contribution in [0.2, 0.25) is 0 Å². The number of carbonyl (C=O) groups is 1. The molecule has 3 nitrogen and oxygen atoms in total. The van der Waals surface area contributed by atoms with Crippen LogP contribution in [0.25, 0.3) is 0 Å². The van der Waals surface area contributed by atoms with Gasteiger partial charge in [0, 0.05) is 26.2 Å². The summed E-state index contributed by atoms with van der Waals surface area (Å²) in [7, 11) is 0. The van der Waals surface area contributed by atoms with Crippen molar-refractivity contribution < 1.29 is 4.79 Å². The van der Waals surface area contributed by atoms with Crippen molar-refractivity contribution in [2.75, 3.05) is 26.2 Å². The summed E-state index contributed by atoms with van der Waals surface area (Å²) in [6.45, 7) is 7.16. The van der Waals surface area contributed by atoms with Gasteiger partial charge in [-0.2, -0.15) is 0 Å². The normalized spacial score (nSPS) is 28.7. The predicted molar refractivity (Wildman–Crippen MR) is 92.0 cm³/mol. The number of rotatable bonds is 4. The maximum atomic E-state index is 13.1. The predicted octanol–water partition coefficient (Wildman–Crippen LogP) is 3.22. The van der Waals surface area contributed by atoms with Crippen molar-refractivity contribution in [3.05, 3.63) is 35.4 Å². The van der Waals surface area contributed by atoms with Gasteiger partial charge in [-0.15, -0.1) is 0 Å². The van der Waals surface area contributed by atoms with Crippen molar-refractivity contribution in [3.8, 4) is 0 Å². The molecule has 2 aliphatic heterocycles. The molecule has 0 aromatic heterocycles. The summed E-state index contributed by atoms with van der Waals surface area (Å²) < 4.78 is 0. The Hall–Kier alpha value is -1.35. The average Bonchev–Trinajstić information content (AvgIpc) is 3.27. The molecule has 23 heavy (non-hydrogen) atoms. The zero-order valence-electron chi connectivity index (χ0n) is 14.3. The highest BCUT2D eigenvalue weighted by Gasteiger charge is 2.48. The summed E-state index contributed by atoms with van der Waals surface area (Å²) >= 11 is 0. The first kappa shape index (κ1) is 15.2. The average molecular weight is 312 g/mol. The van der Waals surface area contributed by atoms with Crippen molar-refractivity contribution >= 4 is 5.91 Å². The summed E-state index contributed by atoms with van der Waals surface area (Å²) in [5.41, 5.74) is 2.60. The fourth-order valence-electron chi connectivity index (χ4n) is 4.36. The molecule has 0 bridgehead atoms. The van der Waals surface area contributed by atoms with E-state index in [1.807, 2.05) is 0 Å². The molecule has 124 valence electrons. The molecular formula is C20H28N2O. The van der Waals surface area contributed by atoms with Crippen molar-refractivity contribution in [1.82, 2.24) is 9.80 Å². The van der Waals surface area contributed by atoms with Gasteiger partial charge in [0.25, 0.3) is 0 Å². The Morgan fingerprint density at radius 2 is 1.91 bits per heavy atom. The quantitative estimate of drug-likeness (QED) is 0.852. The van der Waals surface area contributed by atoms with Gasteiger partial charge in [0.15, 0.2) is 0 Å². The minimum absolute atomic E-state index is 0.0716. The lowest BCUT2D eigenvalue weighted by Gasteiger charge is -2.39. The van der Waals surface area contributed by atoms with E-state index >= 15 is 0 Å². The molecule has 3 aliphatic rings. The molecule has 1 atom stereocenters. The van der Waals surface area contributed by atoms with E-state index in [2.05, 4.69) is 41.0 Å². The van der Waals surface area contributed by atoms with Gasteiger partial charge >= 0.3 is 0 Å². The highest BCUT2D eigenvalue weighted by Crippen LogP contribution is 2.42. The maximum absolute atomic E-state index is 13.1. The number of aryl methyl sites for hydroxylation is 1. The summed E-state index contributed by atoms with van der Waals surface area (Å²) in [6.07, 6.45) is 6.00. The minimum Gasteiger partial charge on any atom is -0.342 e. The lowest BCUT2D eigenvalue weighted by Crippen LogP contribution is -2.50. The number of benzene rings is 1. The Labute approximate surface area is 139 Å². The third-order valence-electron chi connectivity index (χ3n) is 5.96. The molecule has 1 aromatic carbocycles. The van der Waals surface area contributed by atoms with Gasteiger partial charge in [0.05, 0.1) is 5.41 Å². The molecule has 1 unspecified atom stereocenters. The van der Waals surface area contributed by atoms with Crippen molar-refractivity contribution in [3.63, 3.8) is 0 Å². The lowest BCUT2D eigenvalue weighted by atomic mass is 9.78. The van der Waals surface area contributed by atoms with Gasteiger partial charge in [-0.3, -0.25) is 9.69 Å². The van der Waals surface area contributed by atoms with Crippen LogP contribution in [0.5, 0.6) is 0 Å². The standard InChI is InChI=1S/C20H28N2O/c1-16-3-5-17(6-4-16)13-21-12-10-20(15-21)9-2-11-22(19(20)23)14-18-7-8-18/h3-6,18H,2,7-15H2,1H3. The van der Waals surface area contributed by atoms with Crippen LogP contribution in [-0.4, -0.2) is 41.9 Å². The molecule has 1 aliphatic carbocycles. The SMILES string of the molecule is Cc1ccc(CN2CCC3(CCCN(CC4CC4)C3=O)C2)cc1. The fourth-order valence-corrected chi connectivity index (χ4v) is 4.36. The maximum Gasteiger partial charge on any atom is 0.230 e. The molecule has 3 heteroatoms. The largest absolute Gasteiger partial charge is 0.342 e. The van der Waals surface area contributed by atoms with E-state index < -0.39 is 0 Å². The summed E-state index contributed by atoms with van der Waals surface area (Å²) in [6, 6.07) is 8.82. The van der Waals surface area contributed by atoms with Crippen LogP contribution in [0.15, 0.2) is 24.3 Å². The second-order valence-electron chi connectivity index (χ2n) is 8.02. The number of nitrogens with zero attached hydrogens (tertiary/aromatic N) is 2. The summed E-state index contributed by atoms with van der Waals surface area (Å²) in [5.74, 6) is 1.27. The molecule has 1 amide bonds. The van der Waals surface area contributed by atoms with E-state index in [-0.39, 0.29) is 5.41 Å². The number of likely N-dealkylation sites (tertiary alicyclic amines) is 2. The van der Waals surface area contributed by atoms with E-state index in [4.69, 9.17) is 0 Å². The van der Waals surface area contributed by atoms with Crippen LogP contribution in [-0.2, 0) is 11.3 Å². The zero-order chi connectivity index (χ0) is 15.9. The van der Waals surface area contributed by atoms with Crippen LogP contribution < -0.4 is 0 Å². The first-order valence-corrected chi connectivity index (χ1v) is 9.22. The first-order valence-electron chi connectivity index (χ1n) is 9.22. The lowest BCUT2D eigenvalue weighted by molar-refractivity contribution is -0.145. The van der Waals surface area contributed by atoms with Crippen molar-refractivity contribution in [2.24, 2.45) is 11.3 Å². The van der Waals surface area contributed by atoms with E-state index in [0.29, 0.717) is 5.91 Å². The van der Waals surface area contributed by atoms with Gasteiger partial charge in [0.2, 0.25) is 5.91 Å². The highest BCUT2D eigenvalue weighted by atomic mass is 16.2. The second-order valence-corrected chi connectivity index (χ2v) is 8.02. The fraction of sp³-hybridized carbons (Fsp3) is 0.650. The van der Waals surface area contributed by atoms with Crippen LogP contribution in [0.3, 0.4) is 0 Å². The molecule has 0 radical (unpaired) electrons. The Bertz CT molecular complexity index is 578. The topological polar surface area (TPSA) is 23.6 Å². The van der Waals surface area contributed by atoms with Crippen LogP contribution in [0.4, 0.5) is 0 Å². The van der Waals surface area contributed by atoms with E-state index in [1.54, 1.807) is 0 Å². The Morgan fingerprint density at radius 3 is 2.65 bits per heavy atom. The van der Waals surface area contributed by atoms with Gasteiger partial charge < -0.3 is 4.90 Å². The molecular weight excluding hydrogens is 284 g/mol. The van der Waals surface area contributed by atoms with Gasteiger partial charge in [-0.25, -0.2) is 0 Å². The van der Waals surface area contributed by atoms with E-state index in [1.165, 1.54) is 30.4 Å². The van der Waals surface area contributed by atoms with Crippen LogP contribution >= 0.6 is 0 Å². The monoisotopic (exact) mass is 312 g/mol. The number of carbonyl (C=O) groups excluding carboxylic acids is 1. The van der Waals surface area contributed by atoms with Crippen molar-refractivity contribution in [2.45, 2.75) is 45.6 Å². The van der Waals surface area contributed by atoms with Gasteiger partial charge in [-0.05, 0) is 57.1 Å². The number of hydrogen-bond acceptors (Lipinski definition) is 2. The van der Waals surface area contributed by atoms with E-state index in [9.17, 15) is 4.79 Å². The number of amides is 1. The number of piperidine rings is 1. The second kappa shape index (κ2) is 5.94. The molecule has 2 heterocycles. The Balaban J connectivity index is 1.41. The molecule has 4 rings (SSSR count). The van der Waals surface area contributed by atoms with E-state index in [0.717, 1.165) is 51.5 Å². The Kier molecular flexibility index (Phi) is 3.92. The smallest absolute Gasteiger partial charge is 0.230 e. The number of hydrogen-bond donors (Lipinski definition) is 0. The summed E-state index contributed by atoms with van der Waals surface area (Å²) in [4.78, 5) is 17.7. The molecule has 1 saturated carbocycles. The summed E-state index contributed by atoms with van der Waals surface area (Å²) in [5, 5.41) is 0. The molecule has 1 aromatic rings. The molecule has 3 fully saturated rings. The Morgan fingerprint density at radius 1 is 1.13 bits per heavy atom. The van der Waals surface area contributed by atoms with Crippen molar-refractivity contribution in [1.29, 1.82) is 0 Å². The molecule has 1 spiro atoms. The highest BCUT2D eigenvalue weighted by molar-refractivity contribution is 5.84. The van der Waals surface area contributed by atoms with Gasteiger partial charge in [-0.1, -0.05) is 29.8 Å². The minimum atomic E-state index is -0.0716.